The summed E-state index contributed by atoms with van der Waals surface area (Å²) in [5.41, 5.74) is 7.26. The largest absolute Gasteiger partial charge is 0.379 e. The second-order valence-electron chi connectivity index (χ2n) is 5.09. The van der Waals surface area contributed by atoms with Crippen LogP contribution in [0.1, 0.15) is 37.3 Å². The lowest BCUT2D eigenvalue weighted by atomic mass is 10.1. The van der Waals surface area contributed by atoms with Crippen molar-refractivity contribution in [3.63, 3.8) is 0 Å². The van der Waals surface area contributed by atoms with Gasteiger partial charge in [-0.2, -0.15) is 0 Å². The fourth-order valence-corrected chi connectivity index (χ4v) is 2.78. The molecule has 0 saturated heterocycles. The van der Waals surface area contributed by atoms with Gasteiger partial charge in [0.25, 0.3) is 0 Å². The number of hydrogen-bond donors (Lipinski definition) is 1. The van der Waals surface area contributed by atoms with Gasteiger partial charge in [0.2, 0.25) is 0 Å². The van der Waals surface area contributed by atoms with E-state index in [1.54, 1.807) is 11.3 Å². The quantitative estimate of drug-likeness (QED) is 0.739. The van der Waals surface area contributed by atoms with Crippen LogP contribution in [0.15, 0.2) is 11.4 Å². The summed E-state index contributed by atoms with van der Waals surface area (Å²) < 4.78 is 11.4. The molecule has 0 aliphatic rings. The molecule has 4 heteroatoms. The first kappa shape index (κ1) is 15.6. The van der Waals surface area contributed by atoms with Crippen LogP contribution in [0.3, 0.4) is 0 Å². The Hall–Kier alpha value is -0.420. The van der Waals surface area contributed by atoms with Crippen LogP contribution in [0.4, 0.5) is 0 Å². The molecule has 0 spiro atoms. The monoisotopic (exact) mass is 271 g/mol. The smallest absolute Gasteiger partial charge is 0.107 e. The van der Waals surface area contributed by atoms with Crippen molar-refractivity contribution in [2.45, 2.75) is 39.8 Å². The third-order valence-electron chi connectivity index (χ3n) is 2.61. The maximum atomic E-state index is 6.00. The number of aryl methyl sites for hydroxylation is 1. The van der Waals surface area contributed by atoms with Crippen LogP contribution < -0.4 is 5.73 Å². The fourth-order valence-electron chi connectivity index (χ4n) is 1.70. The van der Waals surface area contributed by atoms with Crippen molar-refractivity contribution >= 4 is 11.3 Å². The lowest BCUT2D eigenvalue weighted by molar-refractivity contribution is -0.00835. The van der Waals surface area contributed by atoms with Crippen LogP contribution in [0.5, 0.6) is 0 Å². The van der Waals surface area contributed by atoms with Crippen LogP contribution in [0, 0.1) is 12.8 Å². The Morgan fingerprint density at radius 3 is 2.50 bits per heavy atom. The topological polar surface area (TPSA) is 44.5 Å². The highest BCUT2D eigenvalue weighted by Gasteiger charge is 2.19. The molecule has 0 aromatic carbocycles. The highest BCUT2D eigenvalue weighted by atomic mass is 32.1. The summed E-state index contributed by atoms with van der Waals surface area (Å²) in [5, 5.41) is 2.08. The molecule has 0 fully saturated rings. The summed E-state index contributed by atoms with van der Waals surface area (Å²) >= 11 is 1.71. The molecule has 0 saturated carbocycles. The molecule has 1 aromatic heterocycles. The van der Waals surface area contributed by atoms with E-state index in [0.29, 0.717) is 19.1 Å². The second kappa shape index (κ2) is 7.89. The summed E-state index contributed by atoms with van der Waals surface area (Å²) in [4.78, 5) is 1.23. The highest BCUT2D eigenvalue weighted by molar-refractivity contribution is 7.10. The van der Waals surface area contributed by atoms with Crippen LogP contribution in [-0.2, 0) is 9.47 Å². The summed E-state index contributed by atoms with van der Waals surface area (Å²) in [5.74, 6) is 0.564. The van der Waals surface area contributed by atoms with E-state index in [2.05, 4.69) is 32.2 Å². The van der Waals surface area contributed by atoms with Crippen molar-refractivity contribution in [2.75, 3.05) is 19.8 Å². The van der Waals surface area contributed by atoms with Crippen LogP contribution >= 0.6 is 11.3 Å². The van der Waals surface area contributed by atoms with Gasteiger partial charge in [-0.1, -0.05) is 13.8 Å². The minimum atomic E-state index is -0.0207. The predicted octanol–water partition coefficient (Wildman–Crippen LogP) is 3.13. The van der Waals surface area contributed by atoms with Crippen LogP contribution in [-0.4, -0.2) is 25.9 Å². The zero-order chi connectivity index (χ0) is 13.5. The zero-order valence-corrected chi connectivity index (χ0v) is 12.6. The minimum Gasteiger partial charge on any atom is -0.379 e. The Kier molecular flexibility index (Phi) is 6.86. The number of rotatable bonds is 8. The molecule has 18 heavy (non-hydrogen) atoms. The van der Waals surface area contributed by atoms with Crippen molar-refractivity contribution in [3.05, 3.63) is 21.9 Å². The maximum Gasteiger partial charge on any atom is 0.107 e. The first-order valence-electron chi connectivity index (χ1n) is 6.51. The van der Waals surface area contributed by atoms with Crippen LogP contribution in [0.2, 0.25) is 0 Å². The van der Waals surface area contributed by atoms with Crippen molar-refractivity contribution < 1.29 is 9.47 Å². The standard InChI is InChI=1S/C14H25NO2S/c1-10(2)9-16-6-7-17-13(12(4)15)14-11(3)5-8-18-14/h5,8,10,12-13H,6-7,9,15H2,1-4H3. The lowest BCUT2D eigenvalue weighted by Gasteiger charge is -2.21. The van der Waals surface area contributed by atoms with E-state index in [0.717, 1.165) is 6.61 Å². The first-order valence-corrected chi connectivity index (χ1v) is 7.39. The van der Waals surface area contributed by atoms with Crippen molar-refractivity contribution in [1.29, 1.82) is 0 Å². The van der Waals surface area contributed by atoms with Crippen molar-refractivity contribution in [3.8, 4) is 0 Å². The minimum absolute atomic E-state index is 0.00699. The fraction of sp³-hybridized carbons (Fsp3) is 0.714. The molecule has 1 rings (SSSR count). The van der Waals surface area contributed by atoms with E-state index in [4.69, 9.17) is 15.2 Å². The van der Waals surface area contributed by atoms with Gasteiger partial charge in [0, 0.05) is 17.5 Å². The Morgan fingerprint density at radius 2 is 2.00 bits per heavy atom. The Morgan fingerprint density at radius 1 is 1.28 bits per heavy atom. The summed E-state index contributed by atoms with van der Waals surface area (Å²) in [7, 11) is 0. The van der Waals surface area contributed by atoms with E-state index in [1.165, 1.54) is 10.4 Å². The molecule has 0 amide bonds. The number of ether oxygens (including phenoxy) is 2. The van der Waals surface area contributed by atoms with Gasteiger partial charge in [-0.3, -0.25) is 0 Å². The third-order valence-corrected chi connectivity index (χ3v) is 3.69. The molecule has 2 unspecified atom stereocenters. The average Bonchev–Trinajstić information content (AvgIpc) is 2.69. The zero-order valence-electron chi connectivity index (χ0n) is 11.8. The van der Waals surface area contributed by atoms with Gasteiger partial charge in [-0.15, -0.1) is 11.3 Å². The Labute approximate surface area is 114 Å². The molecule has 0 radical (unpaired) electrons. The van der Waals surface area contributed by atoms with Crippen molar-refractivity contribution in [1.82, 2.24) is 0 Å². The normalized spacial score (nSPS) is 15.0. The van der Waals surface area contributed by atoms with Gasteiger partial charge in [0.1, 0.15) is 6.10 Å². The summed E-state index contributed by atoms with van der Waals surface area (Å²) in [6.07, 6.45) is -0.0207. The molecule has 0 aliphatic carbocycles. The average molecular weight is 271 g/mol. The molecule has 0 bridgehead atoms. The third kappa shape index (κ3) is 5.06. The van der Waals surface area contributed by atoms with Crippen LogP contribution in [0.25, 0.3) is 0 Å². The molecule has 1 heterocycles. The van der Waals surface area contributed by atoms with E-state index in [-0.39, 0.29) is 12.1 Å². The Balaban J connectivity index is 2.38. The summed E-state index contributed by atoms with van der Waals surface area (Å²) in [6.45, 7) is 10.4. The van der Waals surface area contributed by atoms with Crippen molar-refractivity contribution in [2.24, 2.45) is 11.7 Å². The van der Waals surface area contributed by atoms with Gasteiger partial charge in [-0.25, -0.2) is 0 Å². The molecule has 1 aromatic rings. The van der Waals surface area contributed by atoms with E-state index in [1.807, 2.05) is 6.92 Å². The first-order chi connectivity index (χ1) is 8.52. The maximum absolute atomic E-state index is 6.00. The molecule has 2 atom stereocenters. The lowest BCUT2D eigenvalue weighted by Crippen LogP contribution is -2.28. The Bertz CT molecular complexity index is 336. The summed E-state index contributed by atoms with van der Waals surface area (Å²) in [6, 6.07) is 2.10. The number of hydrogen-bond acceptors (Lipinski definition) is 4. The highest BCUT2D eigenvalue weighted by Crippen LogP contribution is 2.28. The van der Waals surface area contributed by atoms with E-state index < -0.39 is 0 Å². The molecular weight excluding hydrogens is 246 g/mol. The van der Waals surface area contributed by atoms with Gasteiger partial charge in [-0.05, 0) is 36.8 Å². The second-order valence-corrected chi connectivity index (χ2v) is 6.03. The number of thiophene rings is 1. The number of nitrogens with two attached hydrogens (primary N) is 1. The molecule has 104 valence electrons. The molecular formula is C14H25NO2S. The SMILES string of the molecule is Cc1ccsc1C(OCCOCC(C)C)C(C)N. The molecule has 3 nitrogen and oxygen atoms in total. The molecule has 0 aliphatic heterocycles. The van der Waals surface area contributed by atoms with Gasteiger partial charge >= 0.3 is 0 Å². The predicted molar refractivity (Wildman–Crippen MR) is 77.1 cm³/mol. The van der Waals surface area contributed by atoms with E-state index >= 15 is 0 Å². The van der Waals surface area contributed by atoms with Gasteiger partial charge < -0.3 is 15.2 Å². The van der Waals surface area contributed by atoms with Gasteiger partial charge in [0.15, 0.2) is 0 Å². The van der Waals surface area contributed by atoms with Gasteiger partial charge in [0.05, 0.1) is 13.2 Å². The molecule has 2 N–H and O–H groups in total. The van der Waals surface area contributed by atoms with E-state index in [9.17, 15) is 0 Å².